The molecule has 0 aliphatic rings. The molecule has 0 fully saturated rings. The number of carbonyl (C=O) groups excluding carboxylic acids is 2. The van der Waals surface area contributed by atoms with Crippen molar-refractivity contribution in [1.29, 1.82) is 0 Å². The van der Waals surface area contributed by atoms with Gasteiger partial charge in [-0.15, -0.1) is 0 Å². The second kappa shape index (κ2) is 5.43. The van der Waals surface area contributed by atoms with Gasteiger partial charge in [-0.05, 0) is 5.04 Å². The lowest BCUT2D eigenvalue weighted by Crippen LogP contribution is -2.42. The average molecular weight is 242 g/mol. The van der Waals surface area contributed by atoms with Crippen LogP contribution in [-0.4, -0.2) is 27.4 Å². The zero-order chi connectivity index (χ0) is 13.0. The van der Waals surface area contributed by atoms with Gasteiger partial charge in [0.15, 0.2) is 0 Å². The van der Waals surface area contributed by atoms with Crippen molar-refractivity contribution in [1.82, 2.24) is 0 Å². The van der Waals surface area contributed by atoms with Gasteiger partial charge in [-0.2, -0.15) is 0 Å². The number of allylic oxidation sites excluding steroid dienone is 1. The van der Waals surface area contributed by atoms with Gasteiger partial charge in [0.1, 0.15) is 6.29 Å². The van der Waals surface area contributed by atoms with E-state index in [2.05, 4.69) is 38.6 Å². The Bertz CT molecular complexity index is 287. The molecule has 1 atom stereocenters. The topological polar surface area (TPSA) is 43.4 Å². The monoisotopic (exact) mass is 242 g/mol. The van der Waals surface area contributed by atoms with Gasteiger partial charge in [-0.1, -0.05) is 39.9 Å². The third-order valence-electron chi connectivity index (χ3n) is 3.55. The molecular formula is C12H22O3Si. The van der Waals surface area contributed by atoms with E-state index in [1.807, 2.05) is 0 Å². The molecule has 0 saturated heterocycles. The molecule has 0 aromatic carbocycles. The Morgan fingerprint density at radius 1 is 1.31 bits per heavy atom. The molecule has 0 saturated carbocycles. The standard InChI is InChI=1S/C12H22O3Si/c1-12(2,3)16(5,6)10(9-13)7-8-11(14)15-4/h7-10H,1-6H3/b8-7-/t10-/m0/s1. The lowest BCUT2D eigenvalue weighted by atomic mass is 10.2. The highest BCUT2D eigenvalue weighted by molar-refractivity contribution is 6.84. The molecule has 0 rings (SSSR count). The molecule has 0 bridgehead atoms. The first-order chi connectivity index (χ1) is 7.16. The summed E-state index contributed by atoms with van der Waals surface area (Å²) in [5.41, 5.74) is -0.161. The number of rotatable bonds is 4. The molecule has 0 aromatic heterocycles. The van der Waals surface area contributed by atoms with Crippen LogP contribution >= 0.6 is 0 Å². The smallest absolute Gasteiger partial charge is 0.330 e. The number of esters is 1. The summed E-state index contributed by atoms with van der Waals surface area (Å²) >= 11 is 0. The summed E-state index contributed by atoms with van der Waals surface area (Å²) < 4.78 is 4.52. The Labute approximate surface area is 98.9 Å². The highest BCUT2D eigenvalue weighted by atomic mass is 28.3. The first-order valence-corrected chi connectivity index (χ1v) is 8.46. The molecule has 0 radical (unpaired) electrons. The van der Waals surface area contributed by atoms with E-state index in [1.165, 1.54) is 13.2 Å². The van der Waals surface area contributed by atoms with E-state index in [9.17, 15) is 9.59 Å². The molecule has 0 aliphatic heterocycles. The van der Waals surface area contributed by atoms with Crippen LogP contribution in [0.5, 0.6) is 0 Å². The summed E-state index contributed by atoms with van der Waals surface area (Å²) in [7, 11) is -0.448. The third-order valence-corrected chi connectivity index (χ3v) is 9.42. The predicted octanol–water partition coefficient (Wildman–Crippen LogP) is 2.79. The molecule has 0 aromatic rings. The Kier molecular flexibility index (Phi) is 5.13. The molecule has 0 heterocycles. The third kappa shape index (κ3) is 3.59. The summed E-state index contributed by atoms with van der Waals surface area (Å²) in [6, 6.07) is 0. The van der Waals surface area contributed by atoms with E-state index >= 15 is 0 Å². The van der Waals surface area contributed by atoms with E-state index in [-0.39, 0.29) is 10.6 Å². The molecule has 0 aliphatic carbocycles. The number of methoxy groups -OCH3 is 1. The van der Waals surface area contributed by atoms with Gasteiger partial charge in [-0.25, -0.2) is 4.79 Å². The highest BCUT2D eigenvalue weighted by Crippen LogP contribution is 2.43. The maximum atomic E-state index is 11.1. The van der Waals surface area contributed by atoms with Crippen LogP contribution in [0.2, 0.25) is 23.7 Å². The fourth-order valence-electron chi connectivity index (χ4n) is 1.21. The van der Waals surface area contributed by atoms with Gasteiger partial charge in [0.05, 0.1) is 15.2 Å². The Balaban J connectivity index is 4.94. The fraction of sp³-hybridized carbons (Fsp3) is 0.667. The first kappa shape index (κ1) is 15.1. The lowest BCUT2D eigenvalue weighted by Gasteiger charge is -2.39. The van der Waals surface area contributed by atoms with Crippen LogP contribution in [0.15, 0.2) is 12.2 Å². The van der Waals surface area contributed by atoms with Crippen LogP contribution in [0.25, 0.3) is 0 Å². The number of hydrogen-bond donors (Lipinski definition) is 0. The van der Waals surface area contributed by atoms with Crippen molar-refractivity contribution in [2.24, 2.45) is 0 Å². The normalized spacial score (nSPS) is 14.9. The minimum atomic E-state index is -1.78. The van der Waals surface area contributed by atoms with E-state index < -0.39 is 14.0 Å². The Morgan fingerprint density at radius 3 is 2.12 bits per heavy atom. The van der Waals surface area contributed by atoms with Crippen LogP contribution < -0.4 is 0 Å². The second-order valence-electron chi connectivity index (χ2n) is 5.52. The van der Waals surface area contributed by atoms with Crippen molar-refractivity contribution >= 4 is 20.3 Å². The van der Waals surface area contributed by atoms with E-state index in [1.54, 1.807) is 6.08 Å². The van der Waals surface area contributed by atoms with Crippen LogP contribution in [0.4, 0.5) is 0 Å². The summed E-state index contributed by atoms with van der Waals surface area (Å²) in [4.78, 5) is 22.1. The van der Waals surface area contributed by atoms with Crippen molar-refractivity contribution < 1.29 is 14.3 Å². The Hall–Kier alpha value is -0.903. The highest BCUT2D eigenvalue weighted by Gasteiger charge is 2.40. The maximum absolute atomic E-state index is 11.1. The van der Waals surface area contributed by atoms with Crippen LogP contribution in [0.1, 0.15) is 20.8 Å². The number of carbonyl (C=O) groups is 2. The van der Waals surface area contributed by atoms with Crippen molar-refractivity contribution in [2.45, 2.75) is 44.4 Å². The molecule has 3 nitrogen and oxygen atoms in total. The average Bonchev–Trinajstić information content (AvgIpc) is 2.16. The van der Waals surface area contributed by atoms with E-state index in [0.717, 1.165) is 6.29 Å². The molecular weight excluding hydrogens is 220 g/mol. The zero-order valence-electron chi connectivity index (χ0n) is 11.0. The van der Waals surface area contributed by atoms with Crippen LogP contribution in [0, 0.1) is 0 Å². The van der Waals surface area contributed by atoms with Gasteiger partial charge >= 0.3 is 5.97 Å². The van der Waals surface area contributed by atoms with Crippen molar-refractivity contribution in [3.05, 3.63) is 12.2 Å². The fourth-order valence-corrected chi connectivity index (χ4v) is 3.12. The number of aldehydes is 1. The summed E-state index contributed by atoms with van der Waals surface area (Å²) in [5.74, 6) is -0.412. The minimum absolute atomic E-state index is 0.110. The second-order valence-corrected chi connectivity index (χ2v) is 11.1. The van der Waals surface area contributed by atoms with Crippen molar-refractivity contribution in [2.75, 3.05) is 7.11 Å². The zero-order valence-corrected chi connectivity index (χ0v) is 12.0. The van der Waals surface area contributed by atoms with E-state index in [0.29, 0.717) is 0 Å². The SMILES string of the molecule is COC(=O)/C=C\[C@@H](C=O)[Si](C)(C)C(C)(C)C. The molecule has 92 valence electrons. The molecule has 4 heteroatoms. The molecule has 0 unspecified atom stereocenters. The number of hydrogen-bond acceptors (Lipinski definition) is 3. The quantitative estimate of drug-likeness (QED) is 0.329. The van der Waals surface area contributed by atoms with Gasteiger partial charge in [0.25, 0.3) is 0 Å². The van der Waals surface area contributed by atoms with Gasteiger partial charge in [0, 0.05) is 11.6 Å². The summed E-state index contributed by atoms with van der Waals surface area (Å²) in [6.07, 6.45) is 3.97. The first-order valence-electron chi connectivity index (χ1n) is 5.38. The summed E-state index contributed by atoms with van der Waals surface area (Å²) in [5, 5.41) is 0.110. The van der Waals surface area contributed by atoms with Crippen LogP contribution in [-0.2, 0) is 14.3 Å². The van der Waals surface area contributed by atoms with Crippen molar-refractivity contribution in [3.8, 4) is 0 Å². The maximum Gasteiger partial charge on any atom is 0.330 e. The summed E-state index contributed by atoms with van der Waals surface area (Å²) in [6.45, 7) is 10.7. The van der Waals surface area contributed by atoms with Crippen molar-refractivity contribution in [3.63, 3.8) is 0 Å². The minimum Gasteiger partial charge on any atom is -0.466 e. The van der Waals surface area contributed by atoms with E-state index in [4.69, 9.17) is 0 Å². The van der Waals surface area contributed by atoms with Gasteiger partial charge < -0.3 is 9.53 Å². The van der Waals surface area contributed by atoms with Gasteiger partial charge in [0.2, 0.25) is 0 Å². The molecule has 0 spiro atoms. The van der Waals surface area contributed by atoms with Gasteiger partial charge in [-0.3, -0.25) is 0 Å². The molecule has 16 heavy (non-hydrogen) atoms. The lowest BCUT2D eigenvalue weighted by molar-refractivity contribution is -0.134. The Morgan fingerprint density at radius 2 is 1.81 bits per heavy atom. The number of ether oxygens (including phenoxy) is 1. The largest absolute Gasteiger partial charge is 0.466 e. The predicted molar refractivity (Wildman–Crippen MR) is 68.2 cm³/mol. The van der Waals surface area contributed by atoms with Crippen LogP contribution in [0.3, 0.4) is 0 Å². The molecule has 0 amide bonds. The molecule has 0 N–H and O–H groups in total.